The zero-order chi connectivity index (χ0) is 14.2. The van der Waals surface area contributed by atoms with E-state index in [-0.39, 0.29) is 0 Å². The molecule has 0 spiro atoms. The molecule has 0 bridgehead atoms. The average Bonchev–Trinajstić information content (AvgIpc) is 2.40. The van der Waals surface area contributed by atoms with Crippen LogP contribution in [0.4, 0.5) is 17.6 Å². The summed E-state index contributed by atoms with van der Waals surface area (Å²) in [5.74, 6) is -7.57. The Kier molecular flexibility index (Phi) is 3.13. The highest BCUT2D eigenvalue weighted by molar-refractivity contribution is 5.72. The first-order chi connectivity index (χ1) is 8.99. The van der Waals surface area contributed by atoms with Gasteiger partial charge in [0.1, 0.15) is 17.4 Å². The zero-order valence-electron chi connectivity index (χ0n) is 9.22. The number of para-hydroxylation sites is 1. The third-order valence-corrected chi connectivity index (χ3v) is 2.55. The molecule has 0 saturated heterocycles. The van der Waals surface area contributed by atoms with Crippen LogP contribution in [0.5, 0.6) is 5.75 Å². The molecule has 6 heteroatoms. The molecular formula is C13H5F4NO. The zero-order valence-corrected chi connectivity index (χ0v) is 9.22. The van der Waals surface area contributed by atoms with E-state index < -0.39 is 45.7 Å². The Balaban J connectivity index is 2.88. The van der Waals surface area contributed by atoms with Gasteiger partial charge in [-0.2, -0.15) is 5.26 Å². The molecule has 2 aromatic rings. The number of hydrogen-bond acceptors (Lipinski definition) is 2. The van der Waals surface area contributed by atoms with Crippen molar-refractivity contribution in [3.8, 4) is 22.9 Å². The number of nitrogens with zero attached hydrogens (tertiary/aromatic N) is 1. The highest BCUT2D eigenvalue weighted by Crippen LogP contribution is 2.36. The number of aromatic hydroxyl groups is 1. The molecule has 0 saturated carbocycles. The van der Waals surface area contributed by atoms with Crippen LogP contribution in [0, 0.1) is 34.6 Å². The fourth-order valence-electron chi connectivity index (χ4n) is 1.65. The van der Waals surface area contributed by atoms with Crippen LogP contribution in [0.15, 0.2) is 24.3 Å². The maximum Gasteiger partial charge on any atom is 0.180 e. The van der Waals surface area contributed by atoms with Gasteiger partial charge in [-0.05, 0) is 6.07 Å². The Morgan fingerprint density at radius 1 is 0.895 bits per heavy atom. The molecule has 0 heterocycles. The third kappa shape index (κ3) is 1.89. The summed E-state index contributed by atoms with van der Waals surface area (Å²) in [7, 11) is 0. The largest absolute Gasteiger partial charge is 0.507 e. The molecule has 0 fully saturated rings. The second-order valence-corrected chi connectivity index (χ2v) is 3.63. The van der Waals surface area contributed by atoms with E-state index in [0.29, 0.717) is 0 Å². The van der Waals surface area contributed by atoms with E-state index in [1.807, 2.05) is 0 Å². The van der Waals surface area contributed by atoms with Gasteiger partial charge in [0.25, 0.3) is 0 Å². The van der Waals surface area contributed by atoms with Crippen LogP contribution in [0.3, 0.4) is 0 Å². The van der Waals surface area contributed by atoms with Gasteiger partial charge in [-0.3, -0.25) is 0 Å². The molecule has 0 aromatic heterocycles. The van der Waals surface area contributed by atoms with E-state index in [1.54, 1.807) is 0 Å². The van der Waals surface area contributed by atoms with E-state index in [0.717, 1.165) is 18.2 Å². The van der Waals surface area contributed by atoms with E-state index in [4.69, 9.17) is 5.26 Å². The lowest BCUT2D eigenvalue weighted by molar-refractivity contribution is 0.450. The van der Waals surface area contributed by atoms with Crippen LogP contribution < -0.4 is 0 Å². The van der Waals surface area contributed by atoms with Crippen LogP contribution in [-0.4, -0.2) is 5.11 Å². The number of phenolic OH excluding ortho intramolecular Hbond substituents is 1. The van der Waals surface area contributed by atoms with Gasteiger partial charge in [0.15, 0.2) is 23.3 Å². The molecule has 0 radical (unpaired) electrons. The molecule has 96 valence electrons. The van der Waals surface area contributed by atoms with E-state index >= 15 is 0 Å². The van der Waals surface area contributed by atoms with Crippen molar-refractivity contribution in [2.75, 3.05) is 0 Å². The molecular weight excluding hydrogens is 262 g/mol. The van der Waals surface area contributed by atoms with Crippen molar-refractivity contribution in [1.29, 1.82) is 5.26 Å². The Hall–Kier alpha value is -2.55. The number of halogens is 4. The van der Waals surface area contributed by atoms with Gasteiger partial charge in [0.2, 0.25) is 0 Å². The van der Waals surface area contributed by atoms with Gasteiger partial charge >= 0.3 is 0 Å². The molecule has 19 heavy (non-hydrogen) atoms. The van der Waals surface area contributed by atoms with Crippen LogP contribution in [-0.2, 0) is 0 Å². The summed E-state index contributed by atoms with van der Waals surface area (Å²) >= 11 is 0. The Morgan fingerprint density at radius 2 is 1.42 bits per heavy atom. The maximum atomic E-state index is 13.7. The minimum absolute atomic E-state index is 0.403. The number of benzene rings is 2. The molecule has 0 atom stereocenters. The minimum atomic E-state index is -1.79. The van der Waals surface area contributed by atoms with Crippen molar-refractivity contribution in [3.63, 3.8) is 0 Å². The monoisotopic (exact) mass is 267 g/mol. The standard InChI is InChI=1S/C13H5F4NO/c14-10-7(5-18)11(15)13(17)9(12(10)16)6-3-1-2-4-8(6)19/h1-4,19H. The number of phenols is 1. The highest BCUT2D eigenvalue weighted by Gasteiger charge is 2.27. The summed E-state index contributed by atoms with van der Waals surface area (Å²) in [6.07, 6.45) is 0. The summed E-state index contributed by atoms with van der Waals surface area (Å²) in [5, 5.41) is 17.9. The van der Waals surface area contributed by atoms with Gasteiger partial charge in [-0.15, -0.1) is 0 Å². The fraction of sp³-hybridized carbons (Fsp3) is 0. The minimum Gasteiger partial charge on any atom is -0.507 e. The summed E-state index contributed by atoms with van der Waals surface area (Å²) in [6.45, 7) is 0. The summed E-state index contributed by atoms with van der Waals surface area (Å²) < 4.78 is 54.3. The van der Waals surface area contributed by atoms with Gasteiger partial charge < -0.3 is 5.11 Å². The predicted molar refractivity (Wildman–Crippen MR) is 58.1 cm³/mol. The number of rotatable bonds is 1. The Morgan fingerprint density at radius 3 is 1.89 bits per heavy atom. The van der Waals surface area contributed by atoms with Gasteiger partial charge in [-0.1, -0.05) is 18.2 Å². The summed E-state index contributed by atoms with van der Waals surface area (Å²) in [6, 6.07) is 5.97. The van der Waals surface area contributed by atoms with Crippen molar-refractivity contribution in [2.45, 2.75) is 0 Å². The Bertz CT molecular complexity index is 678. The quantitative estimate of drug-likeness (QED) is 0.635. The lowest BCUT2D eigenvalue weighted by atomic mass is 10.0. The van der Waals surface area contributed by atoms with Crippen molar-refractivity contribution >= 4 is 0 Å². The topological polar surface area (TPSA) is 44.0 Å². The molecule has 2 rings (SSSR count). The molecule has 1 N–H and O–H groups in total. The van der Waals surface area contributed by atoms with E-state index in [9.17, 15) is 22.7 Å². The van der Waals surface area contributed by atoms with Crippen LogP contribution >= 0.6 is 0 Å². The Labute approximate surface area is 105 Å². The molecule has 0 aliphatic rings. The smallest absolute Gasteiger partial charge is 0.180 e. The molecule has 2 nitrogen and oxygen atoms in total. The normalized spacial score (nSPS) is 10.3. The van der Waals surface area contributed by atoms with Crippen LogP contribution in [0.25, 0.3) is 11.1 Å². The molecule has 0 aliphatic carbocycles. The van der Waals surface area contributed by atoms with Crippen molar-refractivity contribution in [2.24, 2.45) is 0 Å². The summed E-state index contributed by atoms with van der Waals surface area (Å²) in [5.41, 5.74) is -2.79. The van der Waals surface area contributed by atoms with Crippen molar-refractivity contribution in [3.05, 3.63) is 53.1 Å². The lowest BCUT2D eigenvalue weighted by Crippen LogP contribution is -2.03. The second-order valence-electron chi connectivity index (χ2n) is 3.63. The first-order valence-corrected chi connectivity index (χ1v) is 5.03. The van der Waals surface area contributed by atoms with Gasteiger partial charge in [0.05, 0.1) is 5.56 Å². The van der Waals surface area contributed by atoms with Crippen LogP contribution in [0.2, 0.25) is 0 Å². The number of nitriles is 1. The van der Waals surface area contributed by atoms with Crippen molar-refractivity contribution in [1.82, 2.24) is 0 Å². The van der Waals surface area contributed by atoms with E-state index in [2.05, 4.69) is 0 Å². The first kappa shape index (κ1) is 12.9. The van der Waals surface area contributed by atoms with Crippen LogP contribution in [0.1, 0.15) is 5.56 Å². The predicted octanol–water partition coefficient (Wildman–Crippen LogP) is 3.49. The van der Waals surface area contributed by atoms with Gasteiger partial charge in [0, 0.05) is 5.56 Å². The molecule has 0 amide bonds. The molecule has 2 aromatic carbocycles. The first-order valence-electron chi connectivity index (χ1n) is 5.03. The highest BCUT2D eigenvalue weighted by atomic mass is 19.2. The average molecular weight is 267 g/mol. The van der Waals surface area contributed by atoms with Crippen molar-refractivity contribution < 1.29 is 22.7 Å². The number of hydrogen-bond donors (Lipinski definition) is 1. The molecule has 0 unspecified atom stereocenters. The summed E-state index contributed by atoms with van der Waals surface area (Å²) in [4.78, 5) is 0. The maximum absolute atomic E-state index is 13.7. The third-order valence-electron chi connectivity index (χ3n) is 2.55. The van der Waals surface area contributed by atoms with Gasteiger partial charge in [-0.25, -0.2) is 17.6 Å². The second kappa shape index (κ2) is 4.61. The fourth-order valence-corrected chi connectivity index (χ4v) is 1.65. The lowest BCUT2D eigenvalue weighted by Gasteiger charge is -2.10. The molecule has 0 aliphatic heterocycles. The SMILES string of the molecule is N#Cc1c(F)c(F)c(-c2ccccc2O)c(F)c1F. The van der Waals surface area contributed by atoms with E-state index in [1.165, 1.54) is 12.1 Å².